The van der Waals surface area contributed by atoms with Gasteiger partial charge < -0.3 is 10.8 Å². The van der Waals surface area contributed by atoms with Crippen molar-refractivity contribution in [2.45, 2.75) is 6.92 Å². The third-order valence-corrected chi connectivity index (χ3v) is 2.08. The Morgan fingerprint density at radius 2 is 2.29 bits per heavy atom. The number of aromatic amines is 1. The van der Waals surface area contributed by atoms with E-state index >= 15 is 0 Å². The first-order chi connectivity index (χ1) is 6.59. The highest BCUT2D eigenvalue weighted by atomic mass is 16.4. The van der Waals surface area contributed by atoms with Crippen molar-refractivity contribution in [1.82, 2.24) is 10.2 Å². The Morgan fingerprint density at radius 3 is 2.93 bits per heavy atom. The van der Waals surface area contributed by atoms with Gasteiger partial charge in [-0.15, -0.1) is 0 Å². The fraction of sp³-hybridized carbons (Fsp3) is 0.111. The molecule has 0 radical (unpaired) electrons. The molecule has 0 saturated carbocycles. The summed E-state index contributed by atoms with van der Waals surface area (Å²) < 4.78 is 0. The number of carboxylic acids is 1. The summed E-state index contributed by atoms with van der Waals surface area (Å²) in [4.78, 5) is 10.9. The molecule has 0 aliphatic carbocycles. The Hall–Kier alpha value is -2.04. The van der Waals surface area contributed by atoms with Crippen LogP contribution in [0.15, 0.2) is 12.1 Å². The number of anilines is 1. The van der Waals surface area contributed by atoms with Gasteiger partial charge >= 0.3 is 5.97 Å². The summed E-state index contributed by atoms with van der Waals surface area (Å²) in [6.07, 6.45) is 0. The summed E-state index contributed by atoms with van der Waals surface area (Å²) in [5.41, 5.74) is 7.10. The number of carbonyl (C=O) groups is 1. The second kappa shape index (κ2) is 2.73. The molecule has 0 fully saturated rings. The summed E-state index contributed by atoms with van der Waals surface area (Å²) in [5, 5.41) is 16.0. The fourth-order valence-electron chi connectivity index (χ4n) is 1.45. The van der Waals surface area contributed by atoms with Crippen molar-refractivity contribution in [3.05, 3.63) is 23.3 Å². The molecule has 0 amide bonds. The number of aryl methyl sites for hydroxylation is 1. The third-order valence-electron chi connectivity index (χ3n) is 2.08. The van der Waals surface area contributed by atoms with E-state index in [0.717, 1.165) is 5.56 Å². The van der Waals surface area contributed by atoms with Crippen molar-refractivity contribution < 1.29 is 9.90 Å². The summed E-state index contributed by atoms with van der Waals surface area (Å²) in [6.45, 7) is 1.82. The average molecular weight is 191 g/mol. The van der Waals surface area contributed by atoms with Gasteiger partial charge in [0.25, 0.3) is 0 Å². The first-order valence-corrected chi connectivity index (χ1v) is 4.07. The molecule has 14 heavy (non-hydrogen) atoms. The zero-order chi connectivity index (χ0) is 10.3. The second-order valence-electron chi connectivity index (χ2n) is 3.15. The van der Waals surface area contributed by atoms with Crippen LogP contribution in [0.25, 0.3) is 10.9 Å². The number of nitrogens with two attached hydrogens (primary N) is 1. The number of carboxylic acid groups (broad SMARTS) is 1. The standard InChI is InChI=1S/C9H9N3O2/c1-4-2-5-7(11-12-8(5)10)6(3-4)9(13)14/h2-3H,1H3,(H,13,14)(H3,10,11,12). The van der Waals surface area contributed by atoms with Crippen LogP contribution in [0, 0.1) is 6.92 Å². The molecule has 0 aliphatic heterocycles. The number of hydrogen-bond donors (Lipinski definition) is 3. The van der Waals surface area contributed by atoms with Crippen LogP contribution >= 0.6 is 0 Å². The summed E-state index contributed by atoms with van der Waals surface area (Å²) in [6, 6.07) is 3.39. The van der Waals surface area contributed by atoms with E-state index in [-0.39, 0.29) is 5.56 Å². The number of aromatic carboxylic acids is 1. The molecular weight excluding hydrogens is 182 g/mol. The molecule has 0 unspecified atom stereocenters. The van der Waals surface area contributed by atoms with E-state index in [1.165, 1.54) is 0 Å². The highest BCUT2D eigenvalue weighted by molar-refractivity contribution is 6.05. The van der Waals surface area contributed by atoms with Gasteiger partial charge in [0.2, 0.25) is 0 Å². The van der Waals surface area contributed by atoms with Crippen molar-refractivity contribution in [2.75, 3.05) is 5.73 Å². The van der Waals surface area contributed by atoms with Crippen LogP contribution in [0.1, 0.15) is 15.9 Å². The molecule has 72 valence electrons. The largest absolute Gasteiger partial charge is 0.478 e. The number of nitrogens with zero attached hydrogens (tertiary/aromatic N) is 1. The van der Waals surface area contributed by atoms with Crippen LogP contribution in [-0.2, 0) is 0 Å². The average Bonchev–Trinajstić information content (AvgIpc) is 2.47. The Morgan fingerprint density at radius 1 is 1.57 bits per heavy atom. The van der Waals surface area contributed by atoms with Gasteiger partial charge in [0.1, 0.15) is 0 Å². The molecule has 2 rings (SSSR count). The third kappa shape index (κ3) is 1.10. The Balaban J connectivity index is 2.88. The van der Waals surface area contributed by atoms with Gasteiger partial charge in [-0.1, -0.05) is 0 Å². The lowest BCUT2D eigenvalue weighted by atomic mass is 10.1. The molecular formula is C9H9N3O2. The SMILES string of the molecule is Cc1cc(C(=O)O)c2[nH]nc(N)c2c1. The number of nitrogen functional groups attached to an aromatic ring is 1. The Labute approximate surface area is 79.5 Å². The zero-order valence-corrected chi connectivity index (χ0v) is 7.53. The maximum atomic E-state index is 10.9. The lowest BCUT2D eigenvalue weighted by molar-refractivity contribution is 0.0698. The molecule has 0 atom stereocenters. The van der Waals surface area contributed by atoms with Crippen molar-refractivity contribution >= 4 is 22.7 Å². The van der Waals surface area contributed by atoms with Crippen molar-refractivity contribution in [2.24, 2.45) is 0 Å². The molecule has 5 heteroatoms. The lowest BCUT2D eigenvalue weighted by Crippen LogP contribution is -1.98. The van der Waals surface area contributed by atoms with E-state index in [1.807, 2.05) is 6.92 Å². The molecule has 1 aromatic carbocycles. The van der Waals surface area contributed by atoms with E-state index in [4.69, 9.17) is 10.8 Å². The molecule has 0 spiro atoms. The minimum Gasteiger partial charge on any atom is -0.478 e. The van der Waals surface area contributed by atoms with E-state index in [1.54, 1.807) is 12.1 Å². The van der Waals surface area contributed by atoms with Crippen LogP contribution in [0.2, 0.25) is 0 Å². The number of fused-ring (bicyclic) bond motifs is 1. The van der Waals surface area contributed by atoms with Crippen molar-refractivity contribution in [1.29, 1.82) is 0 Å². The first kappa shape index (κ1) is 8.55. The smallest absolute Gasteiger partial charge is 0.337 e. The van der Waals surface area contributed by atoms with E-state index in [9.17, 15) is 4.79 Å². The molecule has 1 aromatic heterocycles. The predicted molar refractivity (Wildman–Crippen MR) is 52.2 cm³/mol. The van der Waals surface area contributed by atoms with Crippen LogP contribution in [-0.4, -0.2) is 21.3 Å². The second-order valence-corrected chi connectivity index (χ2v) is 3.15. The summed E-state index contributed by atoms with van der Waals surface area (Å²) >= 11 is 0. The van der Waals surface area contributed by atoms with Crippen molar-refractivity contribution in [3.8, 4) is 0 Å². The quantitative estimate of drug-likeness (QED) is 0.630. The van der Waals surface area contributed by atoms with Crippen molar-refractivity contribution in [3.63, 3.8) is 0 Å². The number of nitrogens with one attached hydrogen (secondary N) is 1. The summed E-state index contributed by atoms with van der Waals surface area (Å²) in [5.74, 6) is -0.659. The minimum absolute atomic E-state index is 0.198. The van der Waals surface area contributed by atoms with Gasteiger partial charge in [0.15, 0.2) is 5.82 Å². The Bertz CT molecular complexity index is 516. The van der Waals surface area contributed by atoms with E-state index < -0.39 is 5.97 Å². The van der Waals surface area contributed by atoms with Gasteiger partial charge in [-0.2, -0.15) is 5.10 Å². The first-order valence-electron chi connectivity index (χ1n) is 4.07. The maximum Gasteiger partial charge on any atom is 0.337 e. The highest BCUT2D eigenvalue weighted by Crippen LogP contribution is 2.23. The van der Waals surface area contributed by atoms with E-state index in [0.29, 0.717) is 16.7 Å². The minimum atomic E-state index is -0.984. The van der Waals surface area contributed by atoms with Gasteiger partial charge in [-0.3, -0.25) is 5.10 Å². The van der Waals surface area contributed by atoms with Gasteiger partial charge in [0.05, 0.1) is 11.1 Å². The molecule has 5 nitrogen and oxygen atoms in total. The molecule has 0 aliphatic rings. The molecule has 4 N–H and O–H groups in total. The number of H-pyrrole nitrogens is 1. The molecule has 2 aromatic rings. The maximum absolute atomic E-state index is 10.9. The van der Waals surface area contributed by atoms with Gasteiger partial charge in [0, 0.05) is 5.39 Å². The lowest BCUT2D eigenvalue weighted by Gasteiger charge is -1.99. The van der Waals surface area contributed by atoms with Gasteiger partial charge in [-0.25, -0.2) is 4.79 Å². The van der Waals surface area contributed by atoms with Crippen LogP contribution in [0.3, 0.4) is 0 Å². The zero-order valence-electron chi connectivity index (χ0n) is 7.53. The predicted octanol–water partition coefficient (Wildman–Crippen LogP) is 1.15. The van der Waals surface area contributed by atoms with Crippen LogP contribution in [0.5, 0.6) is 0 Å². The topological polar surface area (TPSA) is 92.0 Å². The normalized spacial score (nSPS) is 10.6. The van der Waals surface area contributed by atoms with E-state index in [2.05, 4.69) is 10.2 Å². The molecule has 0 bridgehead atoms. The summed E-state index contributed by atoms with van der Waals surface area (Å²) in [7, 11) is 0. The van der Waals surface area contributed by atoms with Gasteiger partial charge in [-0.05, 0) is 24.6 Å². The highest BCUT2D eigenvalue weighted by Gasteiger charge is 2.12. The fourth-order valence-corrected chi connectivity index (χ4v) is 1.45. The monoisotopic (exact) mass is 191 g/mol. The molecule has 0 saturated heterocycles. The number of aromatic nitrogens is 2. The Kier molecular flexibility index (Phi) is 1.67. The number of rotatable bonds is 1. The number of hydrogen-bond acceptors (Lipinski definition) is 3. The molecule has 1 heterocycles. The number of benzene rings is 1. The van der Waals surface area contributed by atoms with Crippen LogP contribution in [0.4, 0.5) is 5.82 Å². The van der Waals surface area contributed by atoms with Crippen LogP contribution < -0.4 is 5.73 Å².